The molecule has 0 aliphatic carbocycles. The molecule has 3 nitrogen and oxygen atoms in total. The van der Waals surface area contributed by atoms with Crippen LogP contribution in [0.2, 0.25) is 0 Å². The molecule has 0 bridgehead atoms. The molecule has 0 aliphatic heterocycles. The van der Waals surface area contributed by atoms with Crippen LogP contribution in [0, 0.1) is 0 Å². The number of aromatic nitrogens is 2. The van der Waals surface area contributed by atoms with Crippen LogP contribution in [0.5, 0.6) is 0 Å². The standard InChI is InChI=1S/C14H14F3N3S/c1-2-18-8-10-3-4-12(11(7-10)14(15,16)17)21-13-5-6-19-9-20-13/h3-7,9,18H,2,8H2,1H3. The third-order valence-electron chi connectivity index (χ3n) is 2.70. The Balaban J connectivity index is 2.31. The van der Waals surface area contributed by atoms with Crippen molar-refractivity contribution in [2.24, 2.45) is 0 Å². The van der Waals surface area contributed by atoms with Gasteiger partial charge in [0.25, 0.3) is 0 Å². The van der Waals surface area contributed by atoms with Crippen molar-refractivity contribution < 1.29 is 13.2 Å². The van der Waals surface area contributed by atoms with E-state index < -0.39 is 11.7 Å². The summed E-state index contributed by atoms with van der Waals surface area (Å²) < 4.78 is 39.6. The van der Waals surface area contributed by atoms with E-state index in [1.165, 1.54) is 24.7 Å². The number of nitrogens with one attached hydrogen (secondary N) is 1. The number of hydrogen-bond donors (Lipinski definition) is 1. The monoisotopic (exact) mass is 313 g/mol. The zero-order chi connectivity index (χ0) is 15.3. The zero-order valence-corrected chi connectivity index (χ0v) is 12.1. The van der Waals surface area contributed by atoms with Gasteiger partial charge in [0, 0.05) is 17.6 Å². The van der Waals surface area contributed by atoms with Crippen LogP contribution in [0.25, 0.3) is 0 Å². The van der Waals surface area contributed by atoms with Crippen LogP contribution in [0.3, 0.4) is 0 Å². The van der Waals surface area contributed by atoms with E-state index in [0.29, 0.717) is 23.7 Å². The largest absolute Gasteiger partial charge is 0.417 e. The molecule has 0 fully saturated rings. The minimum atomic E-state index is -4.39. The highest BCUT2D eigenvalue weighted by molar-refractivity contribution is 7.99. The van der Waals surface area contributed by atoms with Gasteiger partial charge in [-0.2, -0.15) is 13.2 Å². The molecule has 0 atom stereocenters. The van der Waals surface area contributed by atoms with E-state index in [9.17, 15) is 13.2 Å². The summed E-state index contributed by atoms with van der Waals surface area (Å²) in [7, 11) is 0. The van der Waals surface area contributed by atoms with Gasteiger partial charge in [-0.3, -0.25) is 0 Å². The molecule has 0 amide bonds. The molecule has 7 heteroatoms. The van der Waals surface area contributed by atoms with E-state index in [1.54, 1.807) is 12.1 Å². The fourth-order valence-corrected chi connectivity index (χ4v) is 2.59. The lowest BCUT2D eigenvalue weighted by Crippen LogP contribution is -2.13. The molecule has 2 rings (SSSR count). The van der Waals surface area contributed by atoms with Crippen molar-refractivity contribution in [1.29, 1.82) is 0 Å². The average Bonchev–Trinajstić information content (AvgIpc) is 2.46. The van der Waals surface area contributed by atoms with E-state index in [4.69, 9.17) is 0 Å². The van der Waals surface area contributed by atoms with E-state index in [1.807, 2.05) is 6.92 Å². The van der Waals surface area contributed by atoms with Gasteiger partial charge >= 0.3 is 6.18 Å². The molecule has 2 aromatic rings. The summed E-state index contributed by atoms with van der Waals surface area (Å²) in [5, 5.41) is 3.50. The molecule has 0 unspecified atom stereocenters. The second kappa shape index (κ2) is 6.91. The molecule has 112 valence electrons. The van der Waals surface area contributed by atoms with Crippen molar-refractivity contribution >= 4 is 11.8 Å². The maximum atomic E-state index is 13.2. The molecule has 1 N–H and O–H groups in total. The third kappa shape index (κ3) is 4.44. The van der Waals surface area contributed by atoms with Gasteiger partial charge in [0.15, 0.2) is 0 Å². The molecule has 1 heterocycles. The summed E-state index contributed by atoms with van der Waals surface area (Å²) in [5.41, 5.74) is -0.0299. The fourth-order valence-electron chi connectivity index (χ4n) is 1.72. The van der Waals surface area contributed by atoms with Crippen molar-refractivity contribution in [3.63, 3.8) is 0 Å². The minimum Gasteiger partial charge on any atom is -0.313 e. The zero-order valence-electron chi connectivity index (χ0n) is 11.3. The molecule has 0 aliphatic rings. The van der Waals surface area contributed by atoms with Crippen molar-refractivity contribution in [2.75, 3.05) is 6.54 Å². The molecule has 0 radical (unpaired) electrons. The van der Waals surface area contributed by atoms with Crippen LogP contribution in [-0.4, -0.2) is 16.5 Å². The van der Waals surface area contributed by atoms with Crippen LogP contribution < -0.4 is 5.32 Å². The lowest BCUT2D eigenvalue weighted by molar-refractivity contribution is -0.139. The first-order chi connectivity index (χ1) is 10.0. The second-order valence-corrected chi connectivity index (χ2v) is 5.32. The van der Waals surface area contributed by atoms with E-state index in [2.05, 4.69) is 15.3 Å². The van der Waals surface area contributed by atoms with Gasteiger partial charge < -0.3 is 5.32 Å². The van der Waals surface area contributed by atoms with Crippen LogP contribution in [0.1, 0.15) is 18.1 Å². The van der Waals surface area contributed by atoms with Gasteiger partial charge in [-0.05, 0) is 30.3 Å². The highest BCUT2D eigenvalue weighted by Gasteiger charge is 2.34. The molecular formula is C14H14F3N3S. The van der Waals surface area contributed by atoms with Gasteiger partial charge in [0.2, 0.25) is 0 Å². The Morgan fingerprint density at radius 1 is 1.24 bits per heavy atom. The smallest absolute Gasteiger partial charge is 0.313 e. The highest BCUT2D eigenvalue weighted by Crippen LogP contribution is 2.39. The number of benzene rings is 1. The lowest BCUT2D eigenvalue weighted by atomic mass is 10.1. The summed E-state index contributed by atoms with van der Waals surface area (Å²) in [6, 6.07) is 5.95. The quantitative estimate of drug-likeness (QED) is 0.853. The minimum absolute atomic E-state index is 0.140. The number of hydrogen-bond acceptors (Lipinski definition) is 4. The number of alkyl halides is 3. The summed E-state index contributed by atoms with van der Waals surface area (Å²) in [5.74, 6) is 0. The molecule has 0 saturated carbocycles. The predicted octanol–water partition coefficient (Wildman–Crippen LogP) is 3.76. The normalized spacial score (nSPS) is 11.6. The Kier molecular flexibility index (Phi) is 5.19. The summed E-state index contributed by atoms with van der Waals surface area (Å²) in [4.78, 5) is 7.83. The van der Waals surface area contributed by atoms with Gasteiger partial charge in [-0.25, -0.2) is 9.97 Å². The van der Waals surface area contributed by atoms with E-state index in [0.717, 1.165) is 11.8 Å². The van der Waals surface area contributed by atoms with Gasteiger partial charge in [-0.1, -0.05) is 24.8 Å². The second-order valence-electron chi connectivity index (χ2n) is 4.26. The van der Waals surface area contributed by atoms with Gasteiger partial charge in [0.1, 0.15) is 11.4 Å². The van der Waals surface area contributed by atoms with Crippen molar-refractivity contribution in [1.82, 2.24) is 15.3 Å². The third-order valence-corrected chi connectivity index (χ3v) is 3.72. The first-order valence-electron chi connectivity index (χ1n) is 6.35. The average molecular weight is 313 g/mol. The predicted molar refractivity (Wildman–Crippen MR) is 75.0 cm³/mol. The van der Waals surface area contributed by atoms with Gasteiger partial charge in [-0.15, -0.1) is 0 Å². The lowest BCUT2D eigenvalue weighted by Gasteiger charge is -2.14. The molecule has 21 heavy (non-hydrogen) atoms. The fraction of sp³-hybridized carbons (Fsp3) is 0.286. The Hall–Kier alpha value is -1.60. The highest BCUT2D eigenvalue weighted by atomic mass is 32.2. The van der Waals surface area contributed by atoms with Crippen LogP contribution in [0.15, 0.2) is 46.7 Å². The maximum Gasteiger partial charge on any atom is 0.417 e. The Morgan fingerprint density at radius 3 is 2.67 bits per heavy atom. The maximum absolute atomic E-state index is 13.2. The summed E-state index contributed by atoms with van der Waals surface area (Å²) in [6.07, 6.45) is -1.57. The van der Waals surface area contributed by atoms with Gasteiger partial charge in [0.05, 0.1) is 5.56 Å². The van der Waals surface area contributed by atoms with Crippen molar-refractivity contribution in [3.05, 3.63) is 47.9 Å². The summed E-state index contributed by atoms with van der Waals surface area (Å²) >= 11 is 0.982. The Morgan fingerprint density at radius 2 is 2.05 bits per heavy atom. The molecule has 0 spiro atoms. The van der Waals surface area contributed by atoms with E-state index in [-0.39, 0.29) is 4.90 Å². The summed E-state index contributed by atoms with van der Waals surface area (Å²) in [6.45, 7) is 3.03. The van der Waals surface area contributed by atoms with Crippen LogP contribution in [0.4, 0.5) is 13.2 Å². The SMILES string of the molecule is CCNCc1ccc(Sc2ccncn2)c(C(F)(F)F)c1. The topological polar surface area (TPSA) is 37.8 Å². The Labute approximate surface area is 125 Å². The molecule has 1 aromatic heterocycles. The number of nitrogens with zero attached hydrogens (tertiary/aromatic N) is 2. The molecular weight excluding hydrogens is 299 g/mol. The molecule has 0 saturated heterocycles. The molecule has 1 aromatic carbocycles. The van der Waals surface area contributed by atoms with Crippen LogP contribution >= 0.6 is 11.8 Å². The van der Waals surface area contributed by atoms with Crippen LogP contribution in [-0.2, 0) is 12.7 Å². The van der Waals surface area contributed by atoms with Crippen molar-refractivity contribution in [3.8, 4) is 0 Å². The first kappa shape index (κ1) is 15.8. The number of halogens is 3. The van der Waals surface area contributed by atoms with E-state index >= 15 is 0 Å². The first-order valence-corrected chi connectivity index (χ1v) is 7.17. The Bertz CT molecular complexity index is 588. The van der Waals surface area contributed by atoms with Crippen molar-refractivity contribution in [2.45, 2.75) is 29.6 Å². The number of rotatable bonds is 5.